The standard InChI is InChI=1S/C22H27NO2/c1-22(2,3)21(25)23-14-13-17-11-7-8-12-18(17)20(23)19(24)15-16-9-5-4-6-10-16/h4-12,19-20,24H,13-15H2,1-3H3. The van der Waals surface area contributed by atoms with E-state index in [1.807, 2.05) is 68.1 Å². The summed E-state index contributed by atoms with van der Waals surface area (Å²) in [5.41, 5.74) is 2.94. The van der Waals surface area contributed by atoms with Gasteiger partial charge in [0.25, 0.3) is 0 Å². The first-order valence-electron chi connectivity index (χ1n) is 8.99. The number of hydrogen-bond acceptors (Lipinski definition) is 2. The number of hydrogen-bond donors (Lipinski definition) is 1. The van der Waals surface area contributed by atoms with Crippen LogP contribution in [0.3, 0.4) is 0 Å². The summed E-state index contributed by atoms with van der Waals surface area (Å²) in [6.45, 7) is 6.48. The highest BCUT2D eigenvalue weighted by Gasteiger charge is 2.39. The molecule has 0 spiro atoms. The second kappa shape index (κ2) is 7.01. The van der Waals surface area contributed by atoms with Crippen LogP contribution in [-0.4, -0.2) is 28.6 Å². The van der Waals surface area contributed by atoms with Crippen molar-refractivity contribution in [2.45, 2.75) is 45.8 Å². The quantitative estimate of drug-likeness (QED) is 0.926. The lowest BCUT2D eigenvalue weighted by Gasteiger charge is -2.42. The highest BCUT2D eigenvalue weighted by atomic mass is 16.3. The van der Waals surface area contributed by atoms with Crippen molar-refractivity contribution in [1.29, 1.82) is 0 Å². The molecule has 1 aliphatic rings. The molecular weight excluding hydrogens is 310 g/mol. The van der Waals surface area contributed by atoms with Gasteiger partial charge in [-0.3, -0.25) is 4.79 Å². The van der Waals surface area contributed by atoms with Gasteiger partial charge in [-0.2, -0.15) is 0 Å². The van der Waals surface area contributed by atoms with Crippen molar-refractivity contribution in [3.63, 3.8) is 0 Å². The fraction of sp³-hybridized carbons (Fsp3) is 0.409. The fourth-order valence-electron chi connectivity index (χ4n) is 3.64. The summed E-state index contributed by atoms with van der Waals surface area (Å²) in [4.78, 5) is 14.9. The van der Waals surface area contributed by atoms with E-state index < -0.39 is 11.5 Å². The third-order valence-corrected chi connectivity index (χ3v) is 4.89. The van der Waals surface area contributed by atoms with Gasteiger partial charge in [0.2, 0.25) is 5.91 Å². The normalized spacial score (nSPS) is 18.6. The Morgan fingerprint density at radius 1 is 1.12 bits per heavy atom. The number of benzene rings is 2. The fourth-order valence-corrected chi connectivity index (χ4v) is 3.64. The Balaban J connectivity index is 1.95. The van der Waals surface area contributed by atoms with E-state index >= 15 is 0 Å². The Bertz CT molecular complexity index is 733. The molecule has 1 heterocycles. The van der Waals surface area contributed by atoms with Crippen molar-refractivity contribution < 1.29 is 9.90 Å². The maximum Gasteiger partial charge on any atom is 0.228 e. The van der Waals surface area contributed by atoms with Crippen LogP contribution in [0.2, 0.25) is 0 Å². The van der Waals surface area contributed by atoms with Crippen molar-refractivity contribution >= 4 is 5.91 Å². The summed E-state index contributed by atoms with van der Waals surface area (Å²) >= 11 is 0. The van der Waals surface area contributed by atoms with Crippen molar-refractivity contribution in [3.05, 3.63) is 71.3 Å². The Hall–Kier alpha value is -2.13. The topological polar surface area (TPSA) is 40.5 Å². The zero-order valence-corrected chi connectivity index (χ0v) is 15.3. The third kappa shape index (κ3) is 3.77. The van der Waals surface area contributed by atoms with Gasteiger partial charge in [-0.15, -0.1) is 0 Å². The highest BCUT2D eigenvalue weighted by Crippen LogP contribution is 2.36. The van der Waals surface area contributed by atoms with Gasteiger partial charge in [-0.25, -0.2) is 0 Å². The third-order valence-electron chi connectivity index (χ3n) is 4.89. The second-order valence-electron chi connectivity index (χ2n) is 7.90. The molecule has 0 saturated heterocycles. The molecule has 0 aromatic heterocycles. The molecule has 1 amide bonds. The van der Waals surface area contributed by atoms with Crippen LogP contribution in [0.5, 0.6) is 0 Å². The minimum Gasteiger partial charge on any atom is -0.390 e. The van der Waals surface area contributed by atoms with E-state index in [1.54, 1.807) is 0 Å². The highest BCUT2D eigenvalue weighted by molar-refractivity contribution is 5.82. The summed E-state index contributed by atoms with van der Waals surface area (Å²) in [6.07, 6.45) is 0.746. The minimum absolute atomic E-state index is 0.0964. The molecule has 2 unspecified atom stereocenters. The SMILES string of the molecule is CC(C)(C)C(=O)N1CCc2ccccc2C1C(O)Cc1ccccc1. The average molecular weight is 337 g/mol. The summed E-state index contributed by atoms with van der Waals surface area (Å²) in [5.74, 6) is 0.0964. The lowest BCUT2D eigenvalue weighted by molar-refractivity contribution is -0.145. The van der Waals surface area contributed by atoms with E-state index in [0.29, 0.717) is 13.0 Å². The van der Waals surface area contributed by atoms with Gasteiger partial charge < -0.3 is 10.0 Å². The number of carbonyl (C=O) groups excluding carboxylic acids is 1. The maximum absolute atomic E-state index is 13.0. The summed E-state index contributed by atoms with van der Waals surface area (Å²) in [6, 6.07) is 17.9. The summed E-state index contributed by atoms with van der Waals surface area (Å²) < 4.78 is 0. The molecule has 0 aliphatic carbocycles. The average Bonchev–Trinajstić information content (AvgIpc) is 2.60. The molecular formula is C22H27NO2. The molecule has 2 aromatic rings. The molecule has 0 bridgehead atoms. The molecule has 0 saturated carbocycles. The van der Waals surface area contributed by atoms with Crippen molar-refractivity contribution in [2.75, 3.05) is 6.54 Å². The minimum atomic E-state index is -0.629. The monoisotopic (exact) mass is 337 g/mol. The number of amides is 1. The Morgan fingerprint density at radius 2 is 1.76 bits per heavy atom. The molecule has 132 valence electrons. The molecule has 3 rings (SSSR count). The van der Waals surface area contributed by atoms with E-state index in [-0.39, 0.29) is 11.9 Å². The van der Waals surface area contributed by atoms with Crippen LogP contribution >= 0.6 is 0 Å². The van der Waals surface area contributed by atoms with E-state index in [1.165, 1.54) is 5.56 Å². The first-order chi connectivity index (χ1) is 11.9. The van der Waals surface area contributed by atoms with Gasteiger partial charge in [0.15, 0.2) is 0 Å². The van der Waals surface area contributed by atoms with Crippen LogP contribution in [0.1, 0.15) is 43.5 Å². The second-order valence-corrected chi connectivity index (χ2v) is 7.90. The molecule has 2 aromatic carbocycles. The van der Waals surface area contributed by atoms with Crippen molar-refractivity contribution in [2.24, 2.45) is 5.41 Å². The molecule has 0 radical (unpaired) electrons. The Kier molecular flexibility index (Phi) is 4.96. The molecule has 0 fully saturated rings. The van der Waals surface area contributed by atoms with E-state index in [0.717, 1.165) is 17.5 Å². The van der Waals surface area contributed by atoms with Crippen LogP contribution in [0, 0.1) is 5.41 Å². The molecule has 25 heavy (non-hydrogen) atoms. The predicted octanol–water partition coefficient (Wildman–Crippen LogP) is 3.76. The lowest BCUT2D eigenvalue weighted by Crippen LogP contribution is -2.49. The van der Waals surface area contributed by atoms with E-state index in [9.17, 15) is 9.90 Å². The largest absolute Gasteiger partial charge is 0.390 e. The van der Waals surface area contributed by atoms with E-state index in [2.05, 4.69) is 12.1 Å². The number of nitrogens with zero attached hydrogens (tertiary/aromatic N) is 1. The van der Waals surface area contributed by atoms with Crippen molar-refractivity contribution in [1.82, 2.24) is 4.90 Å². The van der Waals surface area contributed by atoms with Gasteiger partial charge in [-0.05, 0) is 23.1 Å². The predicted molar refractivity (Wildman–Crippen MR) is 100 cm³/mol. The Morgan fingerprint density at radius 3 is 2.44 bits per heavy atom. The van der Waals surface area contributed by atoms with Crippen LogP contribution in [0.25, 0.3) is 0 Å². The van der Waals surface area contributed by atoms with Crippen LogP contribution in [-0.2, 0) is 17.6 Å². The smallest absolute Gasteiger partial charge is 0.228 e. The number of carbonyl (C=O) groups is 1. The molecule has 3 nitrogen and oxygen atoms in total. The summed E-state index contributed by atoms with van der Waals surface area (Å²) in [5, 5.41) is 11.1. The van der Waals surface area contributed by atoms with Gasteiger partial charge >= 0.3 is 0 Å². The Labute approximate surface area is 150 Å². The van der Waals surface area contributed by atoms with Crippen LogP contribution < -0.4 is 0 Å². The first kappa shape index (κ1) is 17.7. The van der Waals surface area contributed by atoms with Gasteiger partial charge in [-0.1, -0.05) is 75.4 Å². The first-order valence-corrected chi connectivity index (χ1v) is 8.99. The van der Waals surface area contributed by atoms with Gasteiger partial charge in [0.05, 0.1) is 12.1 Å². The number of rotatable bonds is 3. The zero-order chi connectivity index (χ0) is 18.0. The number of aliphatic hydroxyl groups is 1. The van der Waals surface area contributed by atoms with Crippen molar-refractivity contribution in [3.8, 4) is 0 Å². The zero-order valence-electron chi connectivity index (χ0n) is 15.3. The number of fused-ring (bicyclic) bond motifs is 1. The lowest BCUT2D eigenvalue weighted by atomic mass is 9.84. The molecule has 1 aliphatic heterocycles. The van der Waals surface area contributed by atoms with Gasteiger partial charge in [0, 0.05) is 18.4 Å². The van der Waals surface area contributed by atoms with Crippen LogP contribution in [0.15, 0.2) is 54.6 Å². The van der Waals surface area contributed by atoms with Gasteiger partial charge in [0.1, 0.15) is 0 Å². The molecule has 3 heteroatoms. The molecule has 2 atom stereocenters. The van der Waals surface area contributed by atoms with E-state index in [4.69, 9.17) is 0 Å². The number of aliphatic hydroxyl groups excluding tert-OH is 1. The summed E-state index contributed by atoms with van der Waals surface area (Å²) in [7, 11) is 0. The van der Waals surface area contributed by atoms with Crippen LogP contribution in [0.4, 0.5) is 0 Å². The maximum atomic E-state index is 13.0. The molecule has 1 N–H and O–H groups in total.